The van der Waals surface area contributed by atoms with Gasteiger partial charge < -0.3 is 10.2 Å². The largest absolute Gasteiger partial charge is 0.325 e. The van der Waals surface area contributed by atoms with E-state index in [1.807, 2.05) is 0 Å². The van der Waals surface area contributed by atoms with Crippen molar-refractivity contribution in [3.05, 3.63) is 0 Å². The maximum absolute atomic E-state index is 12.4. The average molecular weight is 233 g/mol. The molecule has 0 unspecified atom stereocenters. The number of amides is 1. The summed E-state index contributed by atoms with van der Waals surface area (Å²) in [5.74, 6) is 0.871. The van der Waals surface area contributed by atoms with Gasteiger partial charge in [0.05, 0.1) is 12.1 Å². The fourth-order valence-electron chi connectivity index (χ4n) is 3.70. The van der Waals surface area contributed by atoms with E-state index in [1.165, 1.54) is 19.3 Å². The molecule has 1 aliphatic carbocycles. The lowest BCUT2D eigenvalue weighted by molar-refractivity contribution is -0.133. The summed E-state index contributed by atoms with van der Waals surface area (Å²) < 4.78 is 0. The van der Waals surface area contributed by atoms with Crippen molar-refractivity contribution in [1.82, 2.24) is 10.2 Å². The monoisotopic (exact) mass is 233 g/mol. The Kier molecular flexibility index (Phi) is 2.79. The molecule has 0 bridgehead atoms. The number of nitrogens with one attached hydrogen (secondary N) is 1. The standard InChI is InChI=1S/C13H19N3O/c14-8-10-4-2-6-16(10)13(17)12-7-9-3-1-5-11(9)15-12/h9-12,15H,1-7H2/t9-,10+,11-,12+/m1/s1. The van der Waals surface area contributed by atoms with Crippen molar-refractivity contribution in [2.75, 3.05) is 6.54 Å². The summed E-state index contributed by atoms with van der Waals surface area (Å²) in [6.45, 7) is 0.768. The van der Waals surface area contributed by atoms with Crippen LogP contribution in [-0.4, -0.2) is 35.5 Å². The molecule has 2 heterocycles. The van der Waals surface area contributed by atoms with Crippen LogP contribution in [0.15, 0.2) is 0 Å². The van der Waals surface area contributed by atoms with E-state index >= 15 is 0 Å². The molecule has 1 amide bonds. The third-order valence-electron chi connectivity index (χ3n) is 4.60. The highest BCUT2D eigenvalue weighted by atomic mass is 16.2. The molecule has 3 aliphatic rings. The Morgan fingerprint density at radius 1 is 1.29 bits per heavy atom. The van der Waals surface area contributed by atoms with Crippen molar-refractivity contribution in [1.29, 1.82) is 5.26 Å². The summed E-state index contributed by atoms with van der Waals surface area (Å²) in [6, 6.07) is 2.62. The maximum atomic E-state index is 12.4. The van der Waals surface area contributed by atoms with E-state index in [9.17, 15) is 4.79 Å². The van der Waals surface area contributed by atoms with Gasteiger partial charge in [-0.1, -0.05) is 6.42 Å². The van der Waals surface area contributed by atoms with Gasteiger partial charge in [-0.2, -0.15) is 5.26 Å². The van der Waals surface area contributed by atoms with Gasteiger partial charge in [0.25, 0.3) is 0 Å². The van der Waals surface area contributed by atoms with Gasteiger partial charge >= 0.3 is 0 Å². The molecule has 92 valence electrons. The van der Waals surface area contributed by atoms with Gasteiger partial charge in [0.15, 0.2) is 0 Å². The first kappa shape index (κ1) is 11.0. The molecule has 0 spiro atoms. The van der Waals surface area contributed by atoms with Gasteiger partial charge in [-0.15, -0.1) is 0 Å². The maximum Gasteiger partial charge on any atom is 0.240 e. The zero-order valence-corrected chi connectivity index (χ0v) is 10.1. The van der Waals surface area contributed by atoms with E-state index < -0.39 is 0 Å². The summed E-state index contributed by atoms with van der Waals surface area (Å²) in [4.78, 5) is 14.2. The molecule has 3 fully saturated rings. The Bertz CT molecular complexity index is 350. The summed E-state index contributed by atoms with van der Waals surface area (Å²) in [5.41, 5.74) is 0. The third kappa shape index (κ3) is 1.83. The first-order valence-electron chi connectivity index (χ1n) is 6.76. The number of rotatable bonds is 1. The lowest BCUT2D eigenvalue weighted by Crippen LogP contribution is -2.46. The van der Waals surface area contributed by atoms with Crippen molar-refractivity contribution in [2.45, 2.75) is 56.7 Å². The second-order valence-electron chi connectivity index (χ2n) is 5.57. The van der Waals surface area contributed by atoms with E-state index in [0.717, 1.165) is 25.8 Å². The van der Waals surface area contributed by atoms with Crippen molar-refractivity contribution >= 4 is 5.91 Å². The van der Waals surface area contributed by atoms with Crippen molar-refractivity contribution in [3.8, 4) is 6.07 Å². The topological polar surface area (TPSA) is 56.1 Å². The smallest absolute Gasteiger partial charge is 0.240 e. The average Bonchev–Trinajstić information content (AvgIpc) is 3.02. The second kappa shape index (κ2) is 4.30. The summed E-state index contributed by atoms with van der Waals surface area (Å²) in [6.07, 6.45) is 6.59. The lowest BCUT2D eigenvalue weighted by atomic mass is 10.0. The van der Waals surface area contributed by atoms with Gasteiger partial charge in [0, 0.05) is 12.6 Å². The molecule has 4 nitrogen and oxygen atoms in total. The number of fused-ring (bicyclic) bond motifs is 1. The number of likely N-dealkylation sites (tertiary alicyclic amines) is 1. The number of carbonyl (C=O) groups excluding carboxylic acids is 1. The van der Waals surface area contributed by atoms with Crippen LogP contribution in [-0.2, 0) is 4.79 Å². The molecule has 2 saturated heterocycles. The van der Waals surface area contributed by atoms with Crippen LogP contribution in [0.25, 0.3) is 0 Å². The molecule has 2 aliphatic heterocycles. The van der Waals surface area contributed by atoms with Crippen LogP contribution in [0.1, 0.15) is 38.5 Å². The Balaban J connectivity index is 1.65. The zero-order chi connectivity index (χ0) is 11.8. The number of hydrogen-bond acceptors (Lipinski definition) is 3. The highest BCUT2D eigenvalue weighted by Gasteiger charge is 2.42. The van der Waals surface area contributed by atoms with Crippen LogP contribution in [0.5, 0.6) is 0 Å². The molecule has 0 aromatic rings. The van der Waals surface area contributed by atoms with E-state index in [-0.39, 0.29) is 18.0 Å². The number of nitriles is 1. The minimum atomic E-state index is -0.176. The third-order valence-corrected chi connectivity index (χ3v) is 4.60. The Hall–Kier alpha value is -1.08. The molecular formula is C13H19N3O. The SMILES string of the molecule is N#C[C@@H]1CCCN1C(=O)[C@@H]1C[C@H]2CCC[C@H]2N1. The van der Waals surface area contributed by atoms with Gasteiger partial charge in [-0.25, -0.2) is 0 Å². The minimum absolute atomic E-state index is 0.0146. The predicted octanol–water partition coefficient (Wildman–Crippen LogP) is 1.03. The molecule has 0 aromatic heterocycles. The van der Waals surface area contributed by atoms with Crippen molar-refractivity contribution < 1.29 is 4.79 Å². The first-order valence-corrected chi connectivity index (χ1v) is 6.76. The normalized spacial score (nSPS) is 40.3. The minimum Gasteiger partial charge on any atom is -0.325 e. The molecule has 4 heteroatoms. The van der Waals surface area contributed by atoms with E-state index in [4.69, 9.17) is 5.26 Å². The summed E-state index contributed by atoms with van der Waals surface area (Å²) >= 11 is 0. The first-order chi connectivity index (χ1) is 8.29. The number of hydrogen-bond donors (Lipinski definition) is 1. The molecule has 1 N–H and O–H groups in total. The molecule has 0 radical (unpaired) electrons. The molecule has 3 rings (SSSR count). The van der Waals surface area contributed by atoms with Crippen molar-refractivity contribution in [2.24, 2.45) is 5.92 Å². The Morgan fingerprint density at radius 2 is 2.18 bits per heavy atom. The molecule has 4 atom stereocenters. The number of carbonyl (C=O) groups is 1. The summed E-state index contributed by atoms with van der Waals surface area (Å²) in [5, 5.41) is 12.5. The quantitative estimate of drug-likeness (QED) is 0.736. The Labute approximate surface area is 102 Å². The summed E-state index contributed by atoms with van der Waals surface area (Å²) in [7, 11) is 0. The highest BCUT2D eigenvalue weighted by molar-refractivity contribution is 5.83. The van der Waals surface area contributed by atoms with Gasteiger partial charge in [-0.3, -0.25) is 4.79 Å². The molecule has 1 saturated carbocycles. The van der Waals surface area contributed by atoms with Gasteiger partial charge in [-0.05, 0) is 38.0 Å². The lowest BCUT2D eigenvalue weighted by Gasteiger charge is -2.23. The van der Waals surface area contributed by atoms with Crippen molar-refractivity contribution in [3.63, 3.8) is 0 Å². The van der Waals surface area contributed by atoms with Crippen LogP contribution < -0.4 is 5.32 Å². The number of nitrogens with zero attached hydrogens (tertiary/aromatic N) is 2. The second-order valence-corrected chi connectivity index (χ2v) is 5.57. The fourth-order valence-corrected chi connectivity index (χ4v) is 3.70. The fraction of sp³-hybridized carbons (Fsp3) is 0.846. The predicted molar refractivity (Wildman–Crippen MR) is 63.0 cm³/mol. The van der Waals surface area contributed by atoms with Gasteiger partial charge in [0.1, 0.15) is 6.04 Å². The van der Waals surface area contributed by atoms with Crippen LogP contribution in [0, 0.1) is 17.2 Å². The zero-order valence-electron chi connectivity index (χ0n) is 10.1. The highest BCUT2D eigenvalue weighted by Crippen LogP contribution is 2.35. The van der Waals surface area contributed by atoms with Crippen LogP contribution in [0.4, 0.5) is 0 Å². The van der Waals surface area contributed by atoms with E-state index in [2.05, 4.69) is 11.4 Å². The van der Waals surface area contributed by atoms with Crippen LogP contribution in [0.3, 0.4) is 0 Å². The molecule has 0 aromatic carbocycles. The molecule has 17 heavy (non-hydrogen) atoms. The Morgan fingerprint density at radius 3 is 2.94 bits per heavy atom. The van der Waals surface area contributed by atoms with E-state index in [1.54, 1.807) is 4.90 Å². The van der Waals surface area contributed by atoms with Gasteiger partial charge in [0.2, 0.25) is 5.91 Å². The molecular weight excluding hydrogens is 214 g/mol. The van der Waals surface area contributed by atoms with Crippen LogP contribution in [0.2, 0.25) is 0 Å². The van der Waals surface area contributed by atoms with Crippen LogP contribution >= 0.6 is 0 Å². The van der Waals surface area contributed by atoms with E-state index in [0.29, 0.717) is 12.0 Å².